The Bertz CT molecular complexity index is 513. The van der Waals surface area contributed by atoms with Crippen molar-refractivity contribution in [2.45, 2.75) is 12.5 Å². The number of para-hydroxylation sites is 1. The molecule has 6 nitrogen and oxygen atoms in total. The zero-order valence-corrected chi connectivity index (χ0v) is 9.73. The van der Waals surface area contributed by atoms with Crippen LogP contribution < -0.4 is 10.6 Å². The molecule has 0 radical (unpaired) electrons. The number of hydrogen-bond acceptors (Lipinski definition) is 4. The van der Waals surface area contributed by atoms with Gasteiger partial charge in [-0.25, -0.2) is 0 Å². The number of hydrogen-bond donors (Lipinski definition) is 2. The van der Waals surface area contributed by atoms with Crippen LogP contribution in [0.2, 0.25) is 0 Å². The van der Waals surface area contributed by atoms with Crippen LogP contribution >= 0.6 is 0 Å². The fourth-order valence-electron chi connectivity index (χ4n) is 1.71. The smallest absolute Gasteiger partial charge is 0.308 e. The van der Waals surface area contributed by atoms with Crippen LogP contribution in [-0.4, -0.2) is 30.9 Å². The zero-order valence-electron chi connectivity index (χ0n) is 9.73. The Hall–Kier alpha value is -2.37. The third-order valence-electron chi connectivity index (χ3n) is 2.65. The van der Waals surface area contributed by atoms with Crippen molar-refractivity contribution >= 4 is 23.5 Å². The highest BCUT2D eigenvalue weighted by Crippen LogP contribution is 2.18. The molecule has 2 rings (SSSR count). The maximum absolute atomic E-state index is 11.9. The first-order chi connectivity index (χ1) is 8.61. The number of benzene rings is 1. The minimum absolute atomic E-state index is 0.192. The standard InChI is InChI=1S/C12H12N2O4/c1-18-10(15)6-9-12(17)13-8-5-3-2-4-7(8)11(16)14-9/h2-5,9H,6H2,1H3,(H,13,17)(H,14,16)/t9-/m0/s1. The second kappa shape index (κ2) is 4.87. The lowest BCUT2D eigenvalue weighted by Crippen LogP contribution is -2.42. The molecular weight excluding hydrogens is 236 g/mol. The van der Waals surface area contributed by atoms with Crippen LogP contribution in [-0.2, 0) is 14.3 Å². The number of methoxy groups -OCH3 is 1. The van der Waals surface area contributed by atoms with Gasteiger partial charge < -0.3 is 15.4 Å². The van der Waals surface area contributed by atoms with Crippen LogP contribution in [0.4, 0.5) is 5.69 Å². The predicted octanol–water partition coefficient (Wildman–Crippen LogP) is 0.300. The summed E-state index contributed by atoms with van der Waals surface area (Å²) in [4.78, 5) is 34.9. The SMILES string of the molecule is COC(=O)C[C@@H]1NC(=O)c2ccccc2NC1=O. The molecule has 1 aliphatic heterocycles. The van der Waals surface area contributed by atoms with Gasteiger partial charge in [-0.3, -0.25) is 14.4 Å². The Morgan fingerprint density at radius 1 is 1.33 bits per heavy atom. The molecule has 94 valence electrons. The number of fused-ring (bicyclic) bond motifs is 1. The molecule has 1 aliphatic rings. The molecule has 6 heteroatoms. The molecule has 1 aromatic rings. The predicted molar refractivity (Wildman–Crippen MR) is 63.0 cm³/mol. The lowest BCUT2D eigenvalue weighted by Gasteiger charge is -2.12. The van der Waals surface area contributed by atoms with E-state index in [0.717, 1.165) is 0 Å². The lowest BCUT2D eigenvalue weighted by atomic mass is 10.1. The minimum Gasteiger partial charge on any atom is -0.469 e. The molecule has 0 saturated heterocycles. The van der Waals surface area contributed by atoms with Gasteiger partial charge >= 0.3 is 5.97 Å². The molecule has 18 heavy (non-hydrogen) atoms. The highest BCUT2D eigenvalue weighted by Gasteiger charge is 2.29. The van der Waals surface area contributed by atoms with Gasteiger partial charge in [0.1, 0.15) is 6.04 Å². The molecule has 1 heterocycles. The van der Waals surface area contributed by atoms with Crippen molar-refractivity contribution in [3.05, 3.63) is 29.8 Å². The number of amides is 2. The van der Waals surface area contributed by atoms with Crippen molar-refractivity contribution in [2.24, 2.45) is 0 Å². The highest BCUT2D eigenvalue weighted by atomic mass is 16.5. The zero-order chi connectivity index (χ0) is 13.1. The summed E-state index contributed by atoms with van der Waals surface area (Å²) in [6, 6.07) is 5.73. The first kappa shape index (κ1) is 12.1. The van der Waals surface area contributed by atoms with E-state index in [2.05, 4.69) is 15.4 Å². The van der Waals surface area contributed by atoms with Crippen LogP contribution in [0.25, 0.3) is 0 Å². The van der Waals surface area contributed by atoms with E-state index in [-0.39, 0.29) is 6.42 Å². The van der Waals surface area contributed by atoms with Crippen LogP contribution in [0.3, 0.4) is 0 Å². The summed E-state index contributed by atoms with van der Waals surface area (Å²) in [7, 11) is 1.23. The van der Waals surface area contributed by atoms with E-state index in [0.29, 0.717) is 11.3 Å². The van der Waals surface area contributed by atoms with Gasteiger partial charge in [0.2, 0.25) is 5.91 Å². The van der Waals surface area contributed by atoms with Crippen molar-refractivity contribution in [2.75, 3.05) is 12.4 Å². The van der Waals surface area contributed by atoms with E-state index in [9.17, 15) is 14.4 Å². The second-order valence-corrected chi connectivity index (χ2v) is 3.84. The molecule has 0 aromatic heterocycles. The average molecular weight is 248 g/mol. The summed E-state index contributed by atoms with van der Waals surface area (Å²) in [5.41, 5.74) is 0.811. The number of carbonyl (C=O) groups is 3. The minimum atomic E-state index is -0.919. The normalized spacial score (nSPS) is 18.2. The van der Waals surface area contributed by atoms with Gasteiger partial charge in [0.15, 0.2) is 0 Å². The third-order valence-corrected chi connectivity index (χ3v) is 2.65. The lowest BCUT2D eigenvalue weighted by molar-refractivity contribution is -0.142. The van der Waals surface area contributed by atoms with Crippen molar-refractivity contribution in [3.8, 4) is 0 Å². The van der Waals surface area contributed by atoms with E-state index in [1.165, 1.54) is 7.11 Å². The molecular formula is C12H12N2O4. The molecule has 1 aromatic carbocycles. The largest absolute Gasteiger partial charge is 0.469 e. The maximum Gasteiger partial charge on any atom is 0.308 e. The Kier molecular flexibility index (Phi) is 3.27. The molecule has 0 saturated carbocycles. The van der Waals surface area contributed by atoms with Crippen molar-refractivity contribution in [1.82, 2.24) is 5.32 Å². The molecule has 2 N–H and O–H groups in total. The number of esters is 1. The van der Waals surface area contributed by atoms with E-state index in [1.54, 1.807) is 24.3 Å². The van der Waals surface area contributed by atoms with Gasteiger partial charge in [-0.1, -0.05) is 12.1 Å². The molecule has 0 fully saturated rings. The molecule has 0 spiro atoms. The van der Waals surface area contributed by atoms with Crippen LogP contribution in [0, 0.1) is 0 Å². The number of carbonyl (C=O) groups excluding carboxylic acids is 3. The Morgan fingerprint density at radius 2 is 2.06 bits per heavy atom. The van der Waals surface area contributed by atoms with Crippen LogP contribution in [0.15, 0.2) is 24.3 Å². The summed E-state index contributed by atoms with van der Waals surface area (Å²) in [6.07, 6.45) is -0.192. The van der Waals surface area contributed by atoms with Crippen LogP contribution in [0.1, 0.15) is 16.8 Å². The van der Waals surface area contributed by atoms with Gasteiger partial charge in [0.25, 0.3) is 5.91 Å². The summed E-state index contributed by atoms with van der Waals surface area (Å²) in [5, 5.41) is 5.10. The number of rotatable bonds is 2. The van der Waals surface area contributed by atoms with Gasteiger partial charge in [-0.15, -0.1) is 0 Å². The fraction of sp³-hybridized carbons (Fsp3) is 0.250. The van der Waals surface area contributed by atoms with Crippen molar-refractivity contribution in [3.63, 3.8) is 0 Å². The Balaban J connectivity index is 2.25. The third kappa shape index (κ3) is 2.32. The second-order valence-electron chi connectivity index (χ2n) is 3.84. The van der Waals surface area contributed by atoms with E-state index < -0.39 is 23.8 Å². The topological polar surface area (TPSA) is 84.5 Å². The van der Waals surface area contributed by atoms with Gasteiger partial charge in [-0.2, -0.15) is 0 Å². The Labute approximate surface area is 103 Å². The van der Waals surface area contributed by atoms with E-state index in [4.69, 9.17) is 0 Å². The summed E-state index contributed by atoms with van der Waals surface area (Å²) < 4.78 is 4.48. The first-order valence-electron chi connectivity index (χ1n) is 5.39. The summed E-state index contributed by atoms with van der Waals surface area (Å²) in [5.74, 6) is -1.38. The maximum atomic E-state index is 11.9. The number of ether oxygens (including phenoxy) is 1. The number of nitrogens with one attached hydrogen (secondary N) is 2. The highest BCUT2D eigenvalue weighted by molar-refractivity contribution is 6.10. The van der Waals surface area contributed by atoms with Gasteiger partial charge in [-0.05, 0) is 12.1 Å². The molecule has 2 amide bonds. The van der Waals surface area contributed by atoms with E-state index in [1.807, 2.05) is 0 Å². The van der Waals surface area contributed by atoms with Crippen molar-refractivity contribution < 1.29 is 19.1 Å². The fourth-order valence-corrected chi connectivity index (χ4v) is 1.71. The van der Waals surface area contributed by atoms with Crippen molar-refractivity contribution in [1.29, 1.82) is 0 Å². The Morgan fingerprint density at radius 3 is 2.78 bits per heavy atom. The van der Waals surface area contributed by atoms with Crippen LogP contribution in [0.5, 0.6) is 0 Å². The average Bonchev–Trinajstić information content (AvgIpc) is 2.48. The number of anilines is 1. The van der Waals surface area contributed by atoms with Gasteiger partial charge in [0.05, 0.1) is 24.8 Å². The molecule has 0 bridgehead atoms. The van der Waals surface area contributed by atoms with Gasteiger partial charge in [0, 0.05) is 0 Å². The first-order valence-corrected chi connectivity index (χ1v) is 5.39. The quantitative estimate of drug-likeness (QED) is 0.737. The monoisotopic (exact) mass is 248 g/mol. The summed E-state index contributed by atoms with van der Waals surface area (Å²) >= 11 is 0. The molecule has 1 atom stereocenters. The summed E-state index contributed by atoms with van der Waals surface area (Å²) in [6.45, 7) is 0. The molecule has 0 unspecified atom stereocenters. The van der Waals surface area contributed by atoms with E-state index >= 15 is 0 Å². The molecule has 0 aliphatic carbocycles.